The van der Waals surface area contributed by atoms with E-state index in [1.54, 1.807) is 0 Å². The van der Waals surface area contributed by atoms with Crippen molar-refractivity contribution in [3.8, 4) is 0 Å². The molecule has 0 saturated carbocycles. The van der Waals surface area contributed by atoms with Gasteiger partial charge in [0.15, 0.2) is 0 Å². The Hall–Kier alpha value is -1.09. The zero-order chi connectivity index (χ0) is 10.8. The van der Waals surface area contributed by atoms with E-state index in [-0.39, 0.29) is 6.42 Å². The number of rotatable bonds is 9. The number of nitrogens with one attached hydrogen (secondary N) is 1. The minimum absolute atomic E-state index is 0.224. The molecular formula is C11H19NO2. The van der Waals surface area contributed by atoms with Gasteiger partial charge in [-0.3, -0.25) is 4.79 Å². The van der Waals surface area contributed by atoms with Crippen molar-refractivity contribution in [2.24, 2.45) is 0 Å². The molecule has 0 aromatic heterocycles. The summed E-state index contributed by atoms with van der Waals surface area (Å²) in [6.45, 7) is 8.08. The maximum Gasteiger partial charge on any atom is 0.303 e. The fourth-order valence-corrected chi connectivity index (χ4v) is 1.21. The molecule has 0 aliphatic rings. The maximum absolute atomic E-state index is 10.2. The molecule has 0 saturated heterocycles. The van der Waals surface area contributed by atoms with Crippen LogP contribution in [0, 0.1) is 0 Å². The summed E-state index contributed by atoms with van der Waals surface area (Å²) in [5, 5.41) is 11.7. The number of carboxylic acids is 1. The lowest BCUT2D eigenvalue weighted by molar-refractivity contribution is -0.137. The Balaban J connectivity index is 3.53. The van der Waals surface area contributed by atoms with E-state index < -0.39 is 5.97 Å². The highest BCUT2D eigenvalue weighted by Gasteiger charge is 2.03. The minimum Gasteiger partial charge on any atom is -0.481 e. The molecule has 3 heteroatoms. The lowest BCUT2D eigenvalue weighted by Gasteiger charge is -2.14. The van der Waals surface area contributed by atoms with Gasteiger partial charge in [0.2, 0.25) is 0 Å². The normalized spacial score (nSPS) is 10.1. The molecule has 0 aromatic carbocycles. The van der Waals surface area contributed by atoms with Gasteiger partial charge >= 0.3 is 5.97 Å². The zero-order valence-corrected chi connectivity index (χ0v) is 8.54. The molecule has 0 spiro atoms. The monoisotopic (exact) mass is 197 g/mol. The van der Waals surface area contributed by atoms with Crippen molar-refractivity contribution >= 4 is 5.97 Å². The van der Waals surface area contributed by atoms with Gasteiger partial charge in [0.25, 0.3) is 0 Å². The third-order valence-corrected chi connectivity index (χ3v) is 1.90. The molecule has 0 aliphatic carbocycles. The minimum atomic E-state index is -0.740. The summed E-state index contributed by atoms with van der Waals surface area (Å²) in [6, 6.07) is 0.346. The standard InChI is InChI=1S/C11H19NO2/c1-3-6-10(7-4-2)12-9-5-8-11(13)14/h3-4,10,12H,1-2,5-9H2,(H,13,14). The van der Waals surface area contributed by atoms with Crippen molar-refractivity contribution < 1.29 is 9.90 Å². The first kappa shape index (κ1) is 12.9. The molecule has 14 heavy (non-hydrogen) atoms. The van der Waals surface area contributed by atoms with Crippen LogP contribution >= 0.6 is 0 Å². The second-order valence-electron chi connectivity index (χ2n) is 3.20. The van der Waals surface area contributed by atoms with E-state index in [0.717, 1.165) is 19.4 Å². The van der Waals surface area contributed by atoms with E-state index in [4.69, 9.17) is 5.11 Å². The first-order chi connectivity index (χ1) is 6.70. The summed E-state index contributed by atoms with van der Waals surface area (Å²) in [7, 11) is 0. The molecule has 2 N–H and O–H groups in total. The maximum atomic E-state index is 10.2. The molecule has 0 radical (unpaired) electrons. The van der Waals surface area contributed by atoms with Crippen molar-refractivity contribution in [1.82, 2.24) is 5.32 Å². The second-order valence-corrected chi connectivity index (χ2v) is 3.20. The number of hydrogen-bond acceptors (Lipinski definition) is 2. The quantitative estimate of drug-likeness (QED) is 0.439. The number of hydrogen-bond donors (Lipinski definition) is 2. The molecule has 80 valence electrons. The number of carboxylic acid groups (broad SMARTS) is 1. The number of carbonyl (C=O) groups is 1. The Kier molecular flexibility index (Phi) is 7.84. The SMILES string of the molecule is C=CCC(CC=C)NCCCC(=O)O. The third kappa shape index (κ3) is 7.55. The van der Waals surface area contributed by atoms with Gasteiger partial charge in [-0.15, -0.1) is 13.2 Å². The van der Waals surface area contributed by atoms with Crippen LogP contribution in [-0.2, 0) is 4.79 Å². The number of aliphatic carboxylic acids is 1. The van der Waals surface area contributed by atoms with Gasteiger partial charge in [-0.1, -0.05) is 12.2 Å². The molecule has 0 bridgehead atoms. The molecule has 0 aliphatic heterocycles. The van der Waals surface area contributed by atoms with Crippen LogP contribution < -0.4 is 5.32 Å². The van der Waals surface area contributed by atoms with Gasteiger partial charge in [0.1, 0.15) is 0 Å². The topological polar surface area (TPSA) is 49.3 Å². The molecule has 0 unspecified atom stereocenters. The molecule has 0 atom stereocenters. The largest absolute Gasteiger partial charge is 0.481 e. The average Bonchev–Trinajstić information content (AvgIpc) is 2.12. The van der Waals surface area contributed by atoms with Gasteiger partial charge in [-0.2, -0.15) is 0 Å². The van der Waals surface area contributed by atoms with Crippen LogP contribution in [0.5, 0.6) is 0 Å². The molecule has 3 nitrogen and oxygen atoms in total. The van der Waals surface area contributed by atoms with Crippen molar-refractivity contribution in [3.63, 3.8) is 0 Å². The van der Waals surface area contributed by atoms with Gasteiger partial charge in [0.05, 0.1) is 0 Å². The van der Waals surface area contributed by atoms with Crippen LogP contribution in [0.3, 0.4) is 0 Å². The van der Waals surface area contributed by atoms with Crippen LogP contribution in [0.2, 0.25) is 0 Å². The van der Waals surface area contributed by atoms with Crippen molar-refractivity contribution in [2.75, 3.05) is 6.54 Å². The van der Waals surface area contributed by atoms with Gasteiger partial charge in [-0.05, 0) is 25.8 Å². The molecular weight excluding hydrogens is 178 g/mol. The Bertz CT molecular complexity index is 180. The van der Waals surface area contributed by atoms with Gasteiger partial charge in [-0.25, -0.2) is 0 Å². The van der Waals surface area contributed by atoms with Crippen LogP contribution in [-0.4, -0.2) is 23.7 Å². The Morgan fingerprint density at radius 3 is 2.36 bits per heavy atom. The van der Waals surface area contributed by atoms with Crippen LogP contribution in [0.1, 0.15) is 25.7 Å². The van der Waals surface area contributed by atoms with E-state index in [1.165, 1.54) is 0 Å². The molecule has 0 fully saturated rings. The fraction of sp³-hybridized carbons (Fsp3) is 0.545. The zero-order valence-electron chi connectivity index (χ0n) is 8.54. The van der Waals surface area contributed by atoms with Crippen molar-refractivity contribution in [3.05, 3.63) is 25.3 Å². The Morgan fingerprint density at radius 2 is 1.93 bits per heavy atom. The predicted molar refractivity (Wildman–Crippen MR) is 58.3 cm³/mol. The van der Waals surface area contributed by atoms with Crippen molar-refractivity contribution in [2.45, 2.75) is 31.7 Å². The summed E-state index contributed by atoms with van der Waals surface area (Å²) in [5.41, 5.74) is 0. The third-order valence-electron chi connectivity index (χ3n) is 1.90. The van der Waals surface area contributed by atoms with E-state index in [0.29, 0.717) is 12.5 Å². The highest BCUT2D eigenvalue weighted by Crippen LogP contribution is 2.00. The van der Waals surface area contributed by atoms with Crippen LogP contribution in [0.4, 0.5) is 0 Å². The second kappa shape index (κ2) is 8.51. The van der Waals surface area contributed by atoms with E-state index in [9.17, 15) is 4.79 Å². The molecule has 0 heterocycles. The van der Waals surface area contributed by atoms with E-state index in [1.807, 2.05) is 12.2 Å². The van der Waals surface area contributed by atoms with E-state index in [2.05, 4.69) is 18.5 Å². The predicted octanol–water partition coefficient (Wildman–Crippen LogP) is 1.96. The van der Waals surface area contributed by atoms with E-state index >= 15 is 0 Å². The van der Waals surface area contributed by atoms with Crippen molar-refractivity contribution in [1.29, 1.82) is 0 Å². The summed E-state index contributed by atoms with van der Waals surface area (Å²) < 4.78 is 0. The Labute approximate surface area is 85.5 Å². The average molecular weight is 197 g/mol. The van der Waals surface area contributed by atoms with Crippen LogP contribution in [0.15, 0.2) is 25.3 Å². The van der Waals surface area contributed by atoms with Gasteiger partial charge in [0, 0.05) is 12.5 Å². The van der Waals surface area contributed by atoms with Crippen LogP contribution in [0.25, 0.3) is 0 Å². The summed E-state index contributed by atoms with van der Waals surface area (Å²) in [5.74, 6) is -0.740. The van der Waals surface area contributed by atoms with Gasteiger partial charge < -0.3 is 10.4 Å². The molecule has 0 amide bonds. The lowest BCUT2D eigenvalue weighted by atomic mass is 10.1. The Morgan fingerprint density at radius 1 is 1.36 bits per heavy atom. The first-order valence-corrected chi connectivity index (χ1v) is 4.87. The highest BCUT2D eigenvalue weighted by atomic mass is 16.4. The summed E-state index contributed by atoms with van der Waals surface area (Å²) in [4.78, 5) is 10.2. The molecule has 0 aromatic rings. The summed E-state index contributed by atoms with van der Waals surface area (Å²) >= 11 is 0. The smallest absolute Gasteiger partial charge is 0.303 e. The highest BCUT2D eigenvalue weighted by molar-refractivity contribution is 5.66. The lowest BCUT2D eigenvalue weighted by Crippen LogP contribution is -2.29. The summed E-state index contributed by atoms with van der Waals surface area (Å²) in [6.07, 6.45) is 6.39. The first-order valence-electron chi connectivity index (χ1n) is 4.87. The fourth-order valence-electron chi connectivity index (χ4n) is 1.21. The molecule has 0 rings (SSSR count).